The molecule has 5 rings (SSSR count). The molecular formula is C24H21N7O. The average Bonchev–Trinajstić information content (AvgIpc) is 3.44. The smallest absolute Gasteiger partial charge is 0.250 e. The third-order valence-corrected chi connectivity index (χ3v) is 5.49. The molecule has 0 aliphatic heterocycles. The minimum absolute atomic E-state index is 0.160. The highest BCUT2D eigenvalue weighted by atomic mass is 16.2. The highest BCUT2D eigenvalue weighted by Gasteiger charge is 2.18. The summed E-state index contributed by atoms with van der Waals surface area (Å²) in [4.78, 5) is 30.3. The molecule has 0 bridgehead atoms. The van der Waals surface area contributed by atoms with Crippen molar-refractivity contribution < 1.29 is 4.79 Å². The van der Waals surface area contributed by atoms with E-state index in [9.17, 15) is 4.79 Å². The molecule has 5 aromatic rings. The number of rotatable bonds is 6. The topological polar surface area (TPSA) is 106 Å². The van der Waals surface area contributed by atoms with Gasteiger partial charge in [0.05, 0.1) is 22.7 Å². The Labute approximate surface area is 184 Å². The van der Waals surface area contributed by atoms with Crippen molar-refractivity contribution in [3.63, 3.8) is 0 Å². The lowest BCUT2D eigenvalue weighted by atomic mass is 10.1. The van der Waals surface area contributed by atoms with Crippen LogP contribution < -0.4 is 10.6 Å². The molecule has 3 heterocycles. The van der Waals surface area contributed by atoms with E-state index in [2.05, 4.69) is 26.5 Å². The fourth-order valence-electron chi connectivity index (χ4n) is 3.93. The zero-order valence-electron chi connectivity index (χ0n) is 17.3. The van der Waals surface area contributed by atoms with Gasteiger partial charge < -0.3 is 20.2 Å². The standard InChI is InChI=1S/C24H21N7O/c1-2-21(32)31(17-6-4-3-5-7-17)11-10-30-13-18(22-23(25)28-15-29-24(22)30)16-8-9-19-20(12-16)27-14-26-19/h2-9,12-15H,1,10-11H2,(H,26,27)(H2,25,28,29). The van der Waals surface area contributed by atoms with Gasteiger partial charge in [-0.2, -0.15) is 0 Å². The van der Waals surface area contributed by atoms with Gasteiger partial charge in [-0.15, -0.1) is 0 Å². The minimum Gasteiger partial charge on any atom is -0.383 e. The number of aromatic nitrogens is 5. The number of para-hydroxylation sites is 1. The van der Waals surface area contributed by atoms with Gasteiger partial charge in [0.2, 0.25) is 5.91 Å². The van der Waals surface area contributed by atoms with Gasteiger partial charge in [0.15, 0.2) is 0 Å². The van der Waals surface area contributed by atoms with Crippen molar-refractivity contribution in [3.05, 3.63) is 80.0 Å². The molecule has 0 unspecified atom stereocenters. The lowest BCUT2D eigenvalue weighted by Gasteiger charge is -2.21. The van der Waals surface area contributed by atoms with E-state index in [0.29, 0.717) is 18.9 Å². The summed E-state index contributed by atoms with van der Waals surface area (Å²) >= 11 is 0. The third kappa shape index (κ3) is 3.37. The van der Waals surface area contributed by atoms with E-state index < -0.39 is 0 Å². The zero-order valence-corrected chi connectivity index (χ0v) is 17.3. The molecule has 0 spiro atoms. The number of carbonyl (C=O) groups excluding carboxylic acids is 1. The number of fused-ring (bicyclic) bond motifs is 2. The van der Waals surface area contributed by atoms with Crippen molar-refractivity contribution in [3.8, 4) is 11.1 Å². The van der Waals surface area contributed by atoms with E-state index >= 15 is 0 Å². The van der Waals surface area contributed by atoms with Gasteiger partial charge in [-0.05, 0) is 35.9 Å². The van der Waals surface area contributed by atoms with Crippen LogP contribution in [0.4, 0.5) is 11.5 Å². The first-order valence-electron chi connectivity index (χ1n) is 10.2. The summed E-state index contributed by atoms with van der Waals surface area (Å²) < 4.78 is 2.01. The summed E-state index contributed by atoms with van der Waals surface area (Å²) in [5.74, 6) is 0.252. The van der Waals surface area contributed by atoms with Gasteiger partial charge in [0.1, 0.15) is 17.8 Å². The van der Waals surface area contributed by atoms with Crippen LogP contribution in [-0.2, 0) is 11.3 Å². The Kier molecular flexibility index (Phi) is 4.87. The summed E-state index contributed by atoms with van der Waals surface area (Å²) in [6.07, 6.45) is 6.46. The van der Waals surface area contributed by atoms with Gasteiger partial charge in [-0.25, -0.2) is 15.0 Å². The predicted octanol–water partition coefficient (Wildman–Crippen LogP) is 3.78. The van der Waals surface area contributed by atoms with Gasteiger partial charge in [0.25, 0.3) is 0 Å². The Balaban J connectivity index is 1.55. The molecule has 8 heteroatoms. The van der Waals surface area contributed by atoms with Crippen molar-refractivity contribution in [1.29, 1.82) is 0 Å². The van der Waals surface area contributed by atoms with E-state index in [1.165, 1.54) is 12.4 Å². The Hall–Kier alpha value is -4.46. The summed E-state index contributed by atoms with van der Waals surface area (Å²) in [5.41, 5.74) is 11.5. The lowest BCUT2D eigenvalue weighted by molar-refractivity contribution is -0.114. The van der Waals surface area contributed by atoms with Crippen LogP contribution >= 0.6 is 0 Å². The molecular weight excluding hydrogens is 402 g/mol. The Morgan fingerprint density at radius 3 is 2.81 bits per heavy atom. The summed E-state index contributed by atoms with van der Waals surface area (Å²) in [6, 6.07) is 15.5. The van der Waals surface area contributed by atoms with Crippen LogP contribution in [0, 0.1) is 0 Å². The Bertz CT molecular complexity index is 1440. The molecule has 0 aliphatic carbocycles. The number of H-pyrrole nitrogens is 1. The number of hydrogen-bond acceptors (Lipinski definition) is 5. The second kappa shape index (κ2) is 7.99. The number of benzene rings is 2. The molecule has 0 aliphatic rings. The molecule has 3 N–H and O–H groups in total. The van der Waals surface area contributed by atoms with Crippen molar-refractivity contribution >= 4 is 39.5 Å². The van der Waals surface area contributed by atoms with Crippen LogP contribution in [0.2, 0.25) is 0 Å². The van der Waals surface area contributed by atoms with Crippen LogP contribution in [-0.4, -0.2) is 37.0 Å². The van der Waals surface area contributed by atoms with Crippen LogP contribution in [0.5, 0.6) is 0 Å². The van der Waals surface area contributed by atoms with Gasteiger partial charge >= 0.3 is 0 Å². The van der Waals surface area contributed by atoms with E-state index in [1.807, 2.05) is 59.3 Å². The monoisotopic (exact) mass is 423 g/mol. The van der Waals surface area contributed by atoms with Gasteiger partial charge in [-0.3, -0.25) is 4.79 Å². The van der Waals surface area contributed by atoms with E-state index in [-0.39, 0.29) is 5.91 Å². The number of aromatic amines is 1. The largest absolute Gasteiger partial charge is 0.383 e. The fraction of sp³-hybridized carbons (Fsp3) is 0.0833. The molecule has 158 valence electrons. The summed E-state index contributed by atoms with van der Waals surface area (Å²) in [7, 11) is 0. The number of nitrogens with two attached hydrogens (primary N) is 1. The van der Waals surface area contributed by atoms with Crippen molar-refractivity contribution in [2.24, 2.45) is 0 Å². The summed E-state index contributed by atoms with van der Waals surface area (Å²) in [6.45, 7) is 4.61. The van der Waals surface area contributed by atoms with E-state index in [4.69, 9.17) is 5.73 Å². The predicted molar refractivity (Wildman–Crippen MR) is 126 cm³/mol. The molecule has 0 radical (unpaired) electrons. The first-order chi connectivity index (χ1) is 15.7. The molecule has 1 amide bonds. The molecule has 0 saturated carbocycles. The van der Waals surface area contributed by atoms with E-state index in [0.717, 1.165) is 38.9 Å². The number of nitrogens with zero attached hydrogens (tertiary/aromatic N) is 5. The molecule has 0 atom stereocenters. The second-order valence-corrected chi connectivity index (χ2v) is 7.36. The fourth-order valence-corrected chi connectivity index (χ4v) is 3.93. The maximum absolute atomic E-state index is 12.5. The summed E-state index contributed by atoms with van der Waals surface area (Å²) in [5, 5.41) is 0.785. The Morgan fingerprint density at radius 2 is 2.00 bits per heavy atom. The highest BCUT2D eigenvalue weighted by molar-refractivity contribution is 6.02. The normalized spacial score (nSPS) is 11.1. The number of hydrogen-bond donors (Lipinski definition) is 2. The molecule has 0 fully saturated rings. The molecule has 0 saturated heterocycles. The average molecular weight is 423 g/mol. The van der Waals surface area contributed by atoms with Crippen LogP contribution in [0.15, 0.2) is 80.0 Å². The van der Waals surface area contributed by atoms with Crippen molar-refractivity contribution in [1.82, 2.24) is 24.5 Å². The first-order valence-corrected chi connectivity index (χ1v) is 10.2. The maximum Gasteiger partial charge on any atom is 0.250 e. The highest BCUT2D eigenvalue weighted by Crippen LogP contribution is 2.33. The zero-order chi connectivity index (χ0) is 22.1. The van der Waals surface area contributed by atoms with Crippen LogP contribution in [0.1, 0.15) is 0 Å². The molecule has 3 aromatic heterocycles. The third-order valence-electron chi connectivity index (χ3n) is 5.49. The maximum atomic E-state index is 12.5. The number of carbonyl (C=O) groups is 1. The molecule has 32 heavy (non-hydrogen) atoms. The van der Waals surface area contributed by atoms with Crippen molar-refractivity contribution in [2.45, 2.75) is 6.54 Å². The van der Waals surface area contributed by atoms with Crippen LogP contribution in [0.3, 0.4) is 0 Å². The number of imidazole rings is 1. The molecule has 2 aromatic carbocycles. The van der Waals surface area contributed by atoms with Gasteiger partial charge in [0, 0.05) is 30.5 Å². The number of amides is 1. The molecule has 8 nitrogen and oxygen atoms in total. The number of nitrogens with one attached hydrogen (secondary N) is 1. The van der Waals surface area contributed by atoms with E-state index in [1.54, 1.807) is 11.2 Å². The van der Waals surface area contributed by atoms with Crippen molar-refractivity contribution in [2.75, 3.05) is 17.2 Å². The minimum atomic E-state index is -0.160. The van der Waals surface area contributed by atoms with Crippen LogP contribution in [0.25, 0.3) is 33.2 Å². The van der Waals surface area contributed by atoms with Gasteiger partial charge in [-0.1, -0.05) is 30.8 Å². The quantitative estimate of drug-likeness (QED) is 0.404. The Morgan fingerprint density at radius 1 is 1.16 bits per heavy atom. The first kappa shape index (κ1) is 19.5. The SMILES string of the molecule is C=CC(=O)N(CCn1cc(-c2ccc3nc[nH]c3c2)c2c(N)ncnc21)c1ccccc1. The second-order valence-electron chi connectivity index (χ2n) is 7.36. The number of anilines is 2. The number of nitrogen functional groups attached to an aromatic ring is 1. The lowest BCUT2D eigenvalue weighted by Crippen LogP contribution is -2.32.